The van der Waals surface area contributed by atoms with Crippen molar-refractivity contribution in [2.24, 2.45) is 28.6 Å². The standard InChI is InChI=1S/C33H52N6O6/c1-10-14-21(26(41)29(43)34-11-2)35-28(42)25-24-20(33(24,8)9)17-39(25)30(44)27(32(5,6)7)37-31(45)36-22(19(3)4)18-38-16-13-12-15-23(38)40/h12-13,15-16,19-22,24-25,27H,10-11,14,17-18H2,1-9H3,(H,34,43)(H,35,42)(H2,36,37,45)/t20?,21?,22-,24?,25+,27-/m1/s1. The summed E-state index contributed by atoms with van der Waals surface area (Å²) in [6.45, 7) is 18.0. The van der Waals surface area contributed by atoms with Gasteiger partial charge in [0.1, 0.15) is 12.1 Å². The van der Waals surface area contributed by atoms with E-state index in [-0.39, 0.29) is 47.7 Å². The molecule has 0 radical (unpaired) electrons. The molecule has 45 heavy (non-hydrogen) atoms. The van der Waals surface area contributed by atoms with Crippen LogP contribution in [0.3, 0.4) is 0 Å². The van der Waals surface area contributed by atoms with E-state index in [1.807, 2.05) is 41.5 Å². The normalized spacial score (nSPS) is 22.1. The average Bonchev–Trinajstić information content (AvgIpc) is 3.27. The van der Waals surface area contributed by atoms with Crippen molar-refractivity contribution in [3.63, 3.8) is 0 Å². The Morgan fingerprint density at radius 2 is 1.69 bits per heavy atom. The van der Waals surface area contributed by atoms with E-state index in [9.17, 15) is 28.8 Å². The quantitative estimate of drug-likeness (QED) is 0.245. The van der Waals surface area contributed by atoms with Gasteiger partial charge in [-0.2, -0.15) is 0 Å². The molecule has 1 saturated heterocycles. The minimum absolute atomic E-state index is 0.00849. The highest BCUT2D eigenvalue weighted by Gasteiger charge is 2.69. The smallest absolute Gasteiger partial charge is 0.315 e. The van der Waals surface area contributed by atoms with E-state index in [1.54, 1.807) is 25.3 Å². The molecule has 3 unspecified atom stereocenters. The number of urea groups is 1. The number of Topliss-reactive ketones (excluding diaryl/α,β-unsaturated/α-hetero) is 1. The molecule has 0 spiro atoms. The molecule has 5 amide bonds. The molecular formula is C33H52N6O6. The van der Waals surface area contributed by atoms with Gasteiger partial charge >= 0.3 is 6.03 Å². The first-order valence-electron chi connectivity index (χ1n) is 16.1. The zero-order chi connectivity index (χ0) is 33.9. The Morgan fingerprint density at radius 1 is 1.02 bits per heavy atom. The van der Waals surface area contributed by atoms with Crippen LogP contribution in [0.15, 0.2) is 29.2 Å². The summed E-state index contributed by atoms with van der Waals surface area (Å²) in [5.41, 5.74) is -1.06. The first-order valence-corrected chi connectivity index (χ1v) is 16.1. The molecule has 1 aromatic heterocycles. The predicted octanol–water partition coefficient (Wildman–Crippen LogP) is 2.06. The van der Waals surface area contributed by atoms with Gasteiger partial charge in [0.05, 0.1) is 12.1 Å². The second-order valence-electron chi connectivity index (χ2n) is 14.4. The summed E-state index contributed by atoms with van der Waals surface area (Å²) in [4.78, 5) is 80.5. The number of amides is 5. The lowest BCUT2D eigenvalue weighted by molar-refractivity contribution is -0.145. The summed E-state index contributed by atoms with van der Waals surface area (Å²) in [6.07, 6.45) is 2.53. The number of aromatic nitrogens is 1. The van der Waals surface area contributed by atoms with Crippen LogP contribution in [0.25, 0.3) is 0 Å². The van der Waals surface area contributed by atoms with Crippen molar-refractivity contribution in [2.75, 3.05) is 13.1 Å². The number of carbonyl (C=O) groups is 5. The van der Waals surface area contributed by atoms with Crippen LogP contribution < -0.4 is 26.8 Å². The van der Waals surface area contributed by atoms with Gasteiger partial charge in [0, 0.05) is 31.9 Å². The molecule has 1 saturated carbocycles. The molecular weight excluding hydrogens is 576 g/mol. The molecule has 3 rings (SSSR count). The molecule has 2 fully saturated rings. The molecule has 250 valence electrons. The lowest BCUT2D eigenvalue weighted by Crippen LogP contribution is -2.62. The van der Waals surface area contributed by atoms with Crippen LogP contribution in [0.1, 0.15) is 75.2 Å². The van der Waals surface area contributed by atoms with Gasteiger partial charge in [0.15, 0.2) is 0 Å². The Kier molecular flexibility index (Phi) is 11.3. The summed E-state index contributed by atoms with van der Waals surface area (Å²) in [6, 6.07) is 1.11. The molecule has 0 aromatic carbocycles. The van der Waals surface area contributed by atoms with Gasteiger partial charge in [-0.3, -0.25) is 24.0 Å². The maximum atomic E-state index is 14.2. The number of hydrogen-bond donors (Lipinski definition) is 4. The van der Waals surface area contributed by atoms with Crippen LogP contribution in [0.4, 0.5) is 4.79 Å². The number of nitrogens with zero attached hydrogens (tertiary/aromatic N) is 2. The van der Waals surface area contributed by atoms with E-state index in [4.69, 9.17) is 0 Å². The van der Waals surface area contributed by atoms with Gasteiger partial charge in [0.2, 0.25) is 17.6 Å². The number of likely N-dealkylation sites (N-methyl/N-ethyl adjacent to an activating group) is 1. The van der Waals surface area contributed by atoms with Crippen molar-refractivity contribution in [3.05, 3.63) is 34.7 Å². The van der Waals surface area contributed by atoms with E-state index < -0.39 is 53.2 Å². The van der Waals surface area contributed by atoms with Crippen LogP contribution in [-0.4, -0.2) is 76.3 Å². The first-order chi connectivity index (χ1) is 20.9. The van der Waals surface area contributed by atoms with E-state index in [1.165, 1.54) is 15.5 Å². The molecule has 1 aliphatic carbocycles. The van der Waals surface area contributed by atoms with E-state index in [0.29, 0.717) is 19.4 Å². The third-order valence-electron chi connectivity index (χ3n) is 9.33. The van der Waals surface area contributed by atoms with Crippen molar-refractivity contribution in [1.29, 1.82) is 0 Å². The van der Waals surface area contributed by atoms with Crippen LogP contribution in [-0.2, 0) is 25.7 Å². The maximum Gasteiger partial charge on any atom is 0.315 e. The molecule has 0 bridgehead atoms. The van der Waals surface area contributed by atoms with Gasteiger partial charge in [-0.25, -0.2) is 4.79 Å². The second kappa shape index (κ2) is 14.2. The SMILES string of the molecule is CCCC(NC(=O)[C@@H]1C2C(CN1C(=O)[C@@H](NC(=O)N[C@H](Cn1ccccc1=O)C(C)C)C(C)(C)C)C2(C)C)C(=O)C(=O)NCC. The number of ketones is 1. The fourth-order valence-corrected chi connectivity index (χ4v) is 6.44. The highest BCUT2D eigenvalue weighted by molar-refractivity contribution is 6.38. The number of likely N-dealkylation sites (tertiary alicyclic amines) is 1. The van der Waals surface area contributed by atoms with E-state index >= 15 is 0 Å². The summed E-state index contributed by atoms with van der Waals surface area (Å²) in [5, 5.41) is 11.1. The van der Waals surface area contributed by atoms with Crippen molar-refractivity contribution >= 4 is 29.5 Å². The lowest BCUT2D eigenvalue weighted by atomic mass is 9.85. The molecule has 6 atom stereocenters. The van der Waals surface area contributed by atoms with Crippen LogP contribution in [0, 0.1) is 28.6 Å². The van der Waals surface area contributed by atoms with Crippen molar-refractivity contribution in [2.45, 2.75) is 106 Å². The molecule has 12 nitrogen and oxygen atoms in total. The van der Waals surface area contributed by atoms with Gasteiger partial charge in [-0.15, -0.1) is 0 Å². The minimum atomic E-state index is -1.00. The number of piperidine rings is 1. The number of nitrogens with one attached hydrogen (secondary N) is 4. The number of carbonyl (C=O) groups excluding carboxylic acids is 5. The van der Waals surface area contributed by atoms with Gasteiger partial charge < -0.3 is 30.7 Å². The molecule has 1 aliphatic heterocycles. The maximum absolute atomic E-state index is 14.2. The topological polar surface area (TPSA) is 159 Å². The number of fused-ring (bicyclic) bond motifs is 1. The fourth-order valence-electron chi connectivity index (χ4n) is 6.44. The summed E-state index contributed by atoms with van der Waals surface area (Å²) >= 11 is 0. The van der Waals surface area contributed by atoms with Crippen LogP contribution >= 0.6 is 0 Å². The van der Waals surface area contributed by atoms with Crippen molar-refractivity contribution < 1.29 is 24.0 Å². The Morgan fingerprint density at radius 3 is 2.24 bits per heavy atom. The van der Waals surface area contributed by atoms with Crippen molar-refractivity contribution in [3.8, 4) is 0 Å². The Labute approximate surface area is 266 Å². The zero-order valence-corrected chi connectivity index (χ0v) is 28.2. The van der Waals surface area contributed by atoms with Crippen LogP contribution in [0.5, 0.6) is 0 Å². The van der Waals surface area contributed by atoms with Gasteiger partial charge in [-0.05, 0) is 48.0 Å². The Bertz CT molecular complexity index is 1330. The third-order valence-corrected chi connectivity index (χ3v) is 9.33. The van der Waals surface area contributed by atoms with Gasteiger partial charge in [0.25, 0.3) is 11.5 Å². The largest absolute Gasteiger partial charge is 0.350 e. The summed E-state index contributed by atoms with van der Waals surface area (Å²) in [7, 11) is 0. The molecule has 2 aliphatic rings. The first kappa shape index (κ1) is 35.8. The predicted molar refractivity (Wildman–Crippen MR) is 171 cm³/mol. The van der Waals surface area contributed by atoms with E-state index in [0.717, 1.165) is 0 Å². The third kappa shape index (κ3) is 8.12. The van der Waals surface area contributed by atoms with Crippen molar-refractivity contribution in [1.82, 2.24) is 30.7 Å². The summed E-state index contributed by atoms with van der Waals surface area (Å²) < 4.78 is 1.53. The zero-order valence-electron chi connectivity index (χ0n) is 28.2. The monoisotopic (exact) mass is 628 g/mol. The Balaban J connectivity index is 1.81. The highest BCUT2D eigenvalue weighted by Crippen LogP contribution is 2.65. The molecule has 2 heterocycles. The average molecular weight is 629 g/mol. The van der Waals surface area contributed by atoms with Crippen LogP contribution in [0.2, 0.25) is 0 Å². The summed E-state index contributed by atoms with van der Waals surface area (Å²) in [5.74, 6) is -2.35. The fraction of sp³-hybridized carbons (Fsp3) is 0.697. The lowest BCUT2D eigenvalue weighted by Gasteiger charge is -2.38. The molecule has 4 N–H and O–H groups in total. The van der Waals surface area contributed by atoms with Gasteiger partial charge in [-0.1, -0.05) is 67.9 Å². The molecule has 1 aromatic rings. The minimum Gasteiger partial charge on any atom is -0.350 e. The number of pyridine rings is 1. The number of hydrogen-bond acceptors (Lipinski definition) is 6. The molecule has 12 heteroatoms. The highest BCUT2D eigenvalue weighted by atomic mass is 16.2. The number of rotatable bonds is 13. The second-order valence-corrected chi connectivity index (χ2v) is 14.4. The Hall–Kier alpha value is -3.70. The van der Waals surface area contributed by atoms with E-state index in [2.05, 4.69) is 35.1 Å².